The number of hydrogen-bond acceptors (Lipinski definition) is 4. The van der Waals surface area contributed by atoms with Crippen LogP contribution in [-0.4, -0.2) is 25.4 Å². The maximum absolute atomic E-state index is 13.2. The highest BCUT2D eigenvalue weighted by Crippen LogP contribution is 2.34. The van der Waals surface area contributed by atoms with Gasteiger partial charge in [0, 0.05) is 29.9 Å². The van der Waals surface area contributed by atoms with Crippen LogP contribution in [0.3, 0.4) is 0 Å². The molecule has 2 heterocycles. The number of aliphatic hydroxyl groups is 2. The van der Waals surface area contributed by atoms with Crippen molar-refractivity contribution in [1.82, 2.24) is 9.55 Å². The number of rotatable bonds is 4. The van der Waals surface area contributed by atoms with Gasteiger partial charge in [-0.05, 0) is 32.4 Å². The number of hydrogen-bond donors (Lipinski definition) is 3. The molecule has 3 N–H and O–H groups in total. The summed E-state index contributed by atoms with van der Waals surface area (Å²) in [6.45, 7) is 4.10. The lowest BCUT2D eigenvalue weighted by Gasteiger charge is -2.16. The molecule has 0 saturated heterocycles. The number of alkyl halides is 3. The van der Waals surface area contributed by atoms with Crippen molar-refractivity contribution >= 4 is 10.9 Å². The molecule has 1 unspecified atom stereocenters. The lowest BCUT2D eigenvalue weighted by atomic mass is 10.0. The molecule has 0 saturated carbocycles. The third-order valence-electron chi connectivity index (χ3n) is 4.83. The van der Waals surface area contributed by atoms with Crippen molar-refractivity contribution in [2.45, 2.75) is 45.4 Å². The molecule has 0 bridgehead atoms. The monoisotopic (exact) mass is 448 g/mol. The van der Waals surface area contributed by atoms with Gasteiger partial charge in [0.05, 0.1) is 17.7 Å². The molecule has 3 aromatic rings. The zero-order valence-electron chi connectivity index (χ0n) is 18.0. The first kappa shape index (κ1) is 23.6. The van der Waals surface area contributed by atoms with Gasteiger partial charge in [-0.15, -0.1) is 0 Å². The minimum atomic E-state index is -4.56. The Bertz CT molecular complexity index is 1270. The van der Waals surface area contributed by atoms with E-state index in [1.807, 2.05) is 0 Å². The van der Waals surface area contributed by atoms with E-state index < -0.39 is 30.2 Å². The fourth-order valence-corrected chi connectivity index (χ4v) is 3.37. The summed E-state index contributed by atoms with van der Waals surface area (Å²) < 4.78 is 46.4. The maximum Gasteiger partial charge on any atom is 0.416 e. The Kier molecular flexibility index (Phi) is 6.24. The highest BCUT2D eigenvalue weighted by atomic mass is 19.4. The Morgan fingerprint density at radius 1 is 1.25 bits per heavy atom. The van der Waals surface area contributed by atoms with Crippen LogP contribution >= 0.6 is 0 Å². The Morgan fingerprint density at radius 3 is 2.53 bits per heavy atom. The molecular formula is C23H23F3N2O4. The van der Waals surface area contributed by atoms with Crippen molar-refractivity contribution in [3.63, 3.8) is 0 Å². The van der Waals surface area contributed by atoms with E-state index in [-0.39, 0.29) is 22.2 Å². The summed E-state index contributed by atoms with van der Waals surface area (Å²) in [5.74, 6) is 5.48. The predicted octanol–water partition coefficient (Wildman–Crippen LogP) is 3.52. The van der Waals surface area contributed by atoms with Crippen molar-refractivity contribution in [2.75, 3.05) is 0 Å². The normalized spacial score (nSPS) is 13.2. The summed E-state index contributed by atoms with van der Waals surface area (Å²) in [7, 11) is 1.54. The van der Waals surface area contributed by atoms with Gasteiger partial charge in [0.1, 0.15) is 11.1 Å². The number of H-pyrrole nitrogens is 1. The van der Waals surface area contributed by atoms with E-state index in [4.69, 9.17) is 4.74 Å². The molecule has 0 amide bonds. The summed E-state index contributed by atoms with van der Waals surface area (Å²) in [6.07, 6.45) is -4.72. The van der Waals surface area contributed by atoms with E-state index in [1.165, 1.54) is 49.9 Å². The van der Waals surface area contributed by atoms with Crippen LogP contribution in [0, 0.1) is 18.8 Å². The minimum absolute atomic E-state index is 0.130. The van der Waals surface area contributed by atoms with Gasteiger partial charge >= 0.3 is 6.18 Å². The second-order valence-corrected chi connectivity index (χ2v) is 8.00. The standard InChI is InChI=1S/C23H23F3N2O4/c1-13-17(21(30)32-12-15-7-5-6-8-16(15)23(24,25)26)18-14(9-10-22(2,3)31)11-28(4)20(29)19(18)27-13/h5-8,11,21,27,30-31H,12H2,1-4H3. The molecule has 1 atom stereocenters. The molecule has 3 rings (SSSR count). The number of aromatic nitrogens is 2. The zero-order chi connectivity index (χ0) is 23.8. The summed E-state index contributed by atoms with van der Waals surface area (Å²) in [4.78, 5) is 15.5. The lowest BCUT2D eigenvalue weighted by Crippen LogP contribution is -2.18. The number of aromatic amines is 1. The van der Waals surface area contributed by atoms with E-state index >= 15 is 0 Å². The Labute approximate surface area is 182 Å². The topological polar surface area (TPSA) is 87.5 Å². The zero-order valence-corrected chi connectivity index (χ0v) is 18.0. The van der Waals surface area contributed by atoms with E-state index in [9.17, 15) is 28.2 Å². The number of fused-ring (bicyclic) bond motifs is 1. The molecule has 0 aliphatic carbocycles. The van der Waals surface area contributed by atoms with Crippen LogP contribution in [-0.2, 0) is 24.6 Å². The van der Waals surface area contributed by atoms with Gasteiger partial charge in [0.15, 0.2) is 6.29 Å². The highest BCUT2D eigenvalue weighted by Gasteiger charge is 2.33. The van der Waals surface area contributed by atoms with Crippen LogP contribution in [0.4, 0.5) is 13.2 Å². The van der Waals surface area contributed by atoms with E-state index in [1.54, 1.807) is 6.92 Å². The van der Waals surface area contributed by atoms with Gasteiger partial charge in [-0.1, -0.05) is 30.0 Å². The summed E-state index contributed by atoms with van der Waals surface area (Å²) >= 11 is 0. The third-order valence-corrected chi connectivity index (χ3v) is 4.83. The lowest BCUT2D eigenvalue weighted by molar-refractivity contribution is -0.142. The van der Waals surface area contributed by atoms with Crippen LogP contribution in [0.5, 0.6) is 0 Å². The van der Waals surface area contributed by atoms with Crippen LogP contribution in [0.15, 0.2) is 35.3 Å². The summed E-state index contributed by atoms with van der Waals surface area (Å²) in [6, 6.07) is 4.94. The molecule has 0 fully saturated rings. The van der Waals surface area contributed by atoms with Crippen LogP contribution in [0.25, 0.3) is 10.9 Å². The molecule has 32 heavy (non-hydrogen) atoms. The predicted molar refractivity (Wildman–Crippen MR) is 113 cm³/mol. The van der Waals surface area contributed by atoms with E-state index in [0.29, 0.717) is 16.6 Å². The Hall–Kier alpha value is -3.06. The molecule has 0 aliphatic rings. The number of halogens is 3. The Balaban J connectivity index is 2.06. The molecule has 170 valence electrons. The number of pyridine rings is 1. The average molecular weight is 448 g/mol. The summed E-state index contributed by atoms with van der Waals surface area (Å²) in [5, 5.41) is 21.0. The van der Waals surface area contributed by atoms with Gasteiger partial charge in [-0.2, -0.15) is 13.2 Å². The van der Waals surface area contributed by atoms with Crippen LogP contribution in [0.1, 0.15) is 48.1 Å². The van der Waals surface area contributed by atoms with Gasteiger partial charge < -0.3 is 24.5 Å². The highest BCUT2D eigenvalue weighted by molar-refractivity contribution is 5.89. The second-order valence-electron chi connectivity index (χ2n) is 8.00. The number of ether oxygens (including phenoxy) is 1. The first-order valence-electron chi connectivity index (χ1n) is 9.71. The number of nitrogens with zero attached hydrogens (tertiary/aromatic N) is 1. The molecule has 0 aliphatic heterocycles. The van der Waals surface area contributed by atoms with Crippen molar-refractivity contribution in [2.24, 2.45) is 7.05 Å². The van der Waals surface area contributed by atoms with Crippen molar-refractivity contribution in [1.29, 1.82) is 0 Å². The Morgan fingerprint density at radius 2 is 1.91 bits per heavy atom. The van der Waals surface area contributed by atoms with Crippen molar-refractivity contribution in [3.05, 3.63) is 68.8 Å². The molecule has 1 aromatic carbocycles. The fourth-order valence-electron chi connectivity index (χ4n) is 3.37. The first-order valence-corrected chi connectivity index (χ1v) is 9.71. The fraction of sp³-hybridized carbons (Fsp3) is 0.348. The molecule has 2 aromatic heterocycles. The average Bonchev–Trinajstić information content (AvgIpc) is 3.04. The number of benzene rings is 1. The maximum atomic E-state index is 13.2. The van der Waals surface area contributed by atoms with Crippen LogP contribution < -0.4 is 5.56 Å². The smallest absolute Gasteiger partial charge is 0.378 e. The SMILES string of the molecule is Cc1[nH]c2c(=O)n(C)cc(C#CC(C)(C)O)c2c1C(O)OCc1ccccc1C(F)(F)F. The van der Waals surface area contributed by atoms with Gasteiger partial charge in [-0.3, -0.25) is 4.79 Å². The largest absolute Gasteiger partial charge is 0.416 e. The molecule has 0 radical (unpaired) electrons. The van der Waals surface area contributed by atoms with E-state index in [0.717, 1.165) is 6.07 Å². The quantitative estimate of drug-likeness (QED) is 0.421. The van der Waals surface area contributed by atoms with Crippen molar-refractivity contribution < 1.29 is 28.1 Å². The van der Waals surface area contributed by atoms with E-state index in [2.05, 4.69) is 16.8 Å². The number of aryl methyl sites for hydroxylation is 2. The minimum Gasteiger partial charge on any atom is -0.378 e. The van der Waals surface area contributed by atoms with Crippen molar-refractivity contribution in [3.8, 4) is 11.8 Å². The second kappa shape index (κ2) is 8.47. The molecule has 9 heteroatoms. The number of nitrogens with one attached hydrogen (secondary N) is 1. The van der Waals surface area contributed by atoms with Gasteiger partial charge in [-0.25, -0.2) is 0 Å². The summed E-state index contributed by atoms with van der Waals surface area (Å²) in [5.41, 5.74) is -1.54. The van der Waals surface area contributed by atoms with Crippen LogP contribution in [0.2, 0.25) is 0 Å². The first-order chi connectivity index (χ1) is 14.8. The molecular weight excluding hydrogens is 425 g/mol. The third kappa shape index (κ3) is 4.88. The number of aliphatic hydroxyl groups excluding tert-OH is 1. The van der Waals surface area contributed by atoms with Gasteiger partial charge in [0.25, 0.3) is 5.56 Å². The van der Waals surface area contributed by atoms with Gasteiger partial charge in [0.2, 0.25) is 0 Å². The molecule has 0 spiro atoms. The molecule has 6 nitrogen and oxygen atoms in total.